The highest BCUT2D eigenvalue weighted by atomic mass is 16.4. The van der Waals surface area contributed by atoms with E-state index in [-0.39, 0.29) is 49.5 Å². The number of phenols is 3. The van der Waals surface area contributed by atoms with E-state index in [9.17, 15) is 29.7 Å². The lowest BCUT2D eigenvalue weighted by Gasteiger charge is -2.18. The average molecular weight is 467 g/mol. The van der Waals surface area contributed by atoms with Crippen molar-refractivity contribution in [3.63, 3.8) is 0 Å². The number of rotatable bonds is 10. The van der Waals surface area contributed by atoms with Gasteiger partial charge in [0, 0.05) is 31.0 Å². The van der Waals surface area contributed by atoms with E-state index in [2.05, 4.69) is 15.6 Å². The van der Waals surface area contributed by atoms with Crippen molar-refractivity contribution in [1.82, 2.24) is 15.6 Å². The Morgan fingerprint density at radius 1 is 0.941 bits per heavy atom. The molecule has 1 atom stereocenters. The molecule has 2 amide bonds. The molecule has 6 N–H and O–H groups in total. The minimum atomic E-state index is -1.10. The van der Waals surface area contributed by atoms with Crippen LogP contribution in [0.5, 0.6) is 17.2 Å². The molecule has 1 unspecified atom stereocenters. The maximum absolute atomic E-state index is 12.8. The molecule has 10 heteroatoms. The molecule has 0 aliphatic carbocycles. The number of nitrogens with zero attached hydrogens (tertiary/aromatic N) is 1. The number of carbonyl (C=O) groups excluding carboxylic acids is 2. The van der Waals surface area contributed by atoms with E-state index in [0.29, 0.717) is 22.0 Å². The third-order valence-electron chi connectivity index (χ3n) is 5.27. The Morgan fingerprint density at radius 2 is 1.71 bits per heavy atom. The van der Waals surface area contributed by atoms with Crippen molar-refractivity contribution in [2.24, 2.45) is 0 Å². The van der Waals surface area contributed by atoms with Crippen LogP contribution in [0.4, 0.5) is 0 Å². The number of aromatic nitrogens is 1. The number of aromatic hydroxyl groups is 3. The molecule has 0 saturated carbocycles. The summed E-state index contributed by atoms with van der Waals surface area (Å²) in [6.07, 6.45) is 1.39. The number of amides is 2. The van der Waals surface area contributed by atoms with Gasteiger partial charge in [-0.05, 0) is 48.2 Å². The number of phenolic OH excluding ortho intramolecular Hbond substituents is 3. The normalized spacial score (nSPS) is 11.6. The highest BCUT2D eigenvalue weighted by Gasteiger charge is 2.22. The fourth-order valence-corrected chi connectivity index (χ4v) is 3.46. The zero-order chi connectivity index (χ0) is 24.7. The van der Waals surface area contributed by atoms with E-state index < -0.39 is 23.8 Å². The fraction of sp³-hybridized carbons (Fsp3) is 0.250. The van der Waals surface area contributed by atoms with Crippen LogP contribution in [0, 0.1) is 0 Å². The molecule has 178 valence electrons. The van der Waals surface area contributed by atoms with Crippen molar-refractivity contribution in [3.8, 4) is 17.2 Å². The zero-order valence-corrected chi connectivity index (χ0v) is 18.2. The average Bonchev–Trinajstić information content (AvgIpc) is 2.82. The summed E-state index contributed by atoms with van der Waals surface area (Å²) in [5, 5.41) is 43.9. The molecule has 3 aromatic rings. The van der Waals surface area contributed by atoms with E-state index in [0.717, 1.165) is 0 Å². The summed E-state index contributed by atoms with van der Waals surface area (Å²) in [6.45, 7) is 0.0908. The second kappa shape index (κ2) is 11.0. The standard InChI is InChI=1S/C24H25N3O7/c28-18-7-3-14(12-20(18)30)4-9-21(31)27-17(6-10-22(32)33)24(34)26-13-15-5-8-19(29)23-16(15)2-1-11-25-23/h1-3,5,7-8,11-12,17,28-30H,4,6,9-10,13H2,(H,26,34)(H,27,31)(H,32,33). The fourth-order valence-electron chi connectivity index (χ4n) is 3.46. The van der Waals surface area contributed by atoms with Crippen molar-refractivity contribution < 1.29 is 34.8 Å². The third-order valence-corrected chi connectivity index (χ3v) is 5.27. The zero-order valence-electron chi connectivity index (χ0n) is 18.2. The molecule has 0 aliphatic rings. The Balaban J connectivity index is 1.63. The summed E-state index contributed by atoms with van der Waals surface area (Å²) in [5.74, 6) is -2.65. The van der Waals surface area contributed by atoms with Gasteiger partial charge in [-0.25, -0.2) is 0 Å². The number of hydrogen-bond acceptors (Lipinski definition) is 7. The molecule has 0 fully saturated rings. The molecule has 2 aromatic carbocycles. The van der Waals surface area contributed by atoms with Gasteiger partial charge in [0.25, 0.3) is 0 Å². The van der Waals surface area contributed by atoms with E-state index in [1.54, 1.807) is 30.5 Å². The number of aliphatic carboxylic acids is 1. The van der Waals surface area contributed by atoms with E-state index in [1.807, 2.05) is 0 Å². The van der Waals surface area contributed by atoms with Crippen LogP contribution in [-0.4, -0.2) is 49.2 Å². The van der Waals surface area contributed by atoms with Crippen LogP contribution in [0.15, 0.2) is 48.7 Å². The summed E-state index contributed by atoms with van der Waals surface area (Å²) in [4.78, 5) is 40.4. The van der Waals surface area contributed by atoms with Gasteiger partial charge in [-0.2, -0.15) is 0 Å². The number of benzene rings is 2. The van der Waals surface area contributed by atoms with Gasteiger partial charge in [0.15, 0.2) is 11.5 Å². The number of carboxylic acids is 1. The summed E-state index contributed by atoms with van der Waals surface area (Å²) >= 11 is 0. The number of carboxylic acid groups (broad SMARTS) is 1. The first-order valence-electron chi connectivity index (χ1n) is 10.6. The van der Waals surface area contributed by atoms with Crippen molar-refractivity contribution in [2.45, 2.75) is 38.3 Å². The predicted octanol–water partition coefficient (Wildman–Crippen LogP) is 1.95. The minimum absolute atomic E-state index is 0.00463. The molecule has 34 heavy (non-hydrogen) atoms. The number of nitrogens with one attached hydrogen (secondary N) is 2. The Labute approximate surface area is 194 Å². The number of aryl methyl sites for hydroxylation is 1. The molecule has 10 nitrogen and oxygen atoms in total. The quantitative estimate of drug-likeness (QED) is 0.246. The first-order chi connectivity index (χ1) is 16.2. The van der Waals surface area contributed by atoms with Gasteiger partial charge in [0.1, 0.15) is 17.3 Å². The topological polar surface area (TPSA) is 169 Å². The third kappa shape index (κ3) is 6.35. The highest BCUT2D eigenvalue weighted by Crippen LogP contribution is 2.26. The van der Waals surface area contributed by atoms with Gasteiger partial charge in [0.2, 0.25) is 11.8 Å². The first-order valence-corrected chi connectivity index (χ1v) is 10.6. The molecule has 3 rings (SSSR count). The Morgan fingerprint density at radius 3 is 2.44 bits per heavy atom. The lowest BCUT2D eigenvalue weighted by Crippen LogP contribution is -2.46. The highest BCUT2D eigenvalue weighted by molar-refractivity contribution is 5.90. The molecular formula is C24H25N3O7. The SMILES string of the molecule is O=C(O)CCC(NC(=O)CCc1ccc(O)c(O)c1)C(=O)NCc1ccc(O)c2ncccc12. The predicted molar refractivity (Wildman–Crippen MR) is 122 cm³/mol. The molecular weight excluding hydrogens is 442 g/mol. The van der Waals surface area contributed by atoms with Crippen molar-refractivity contribution in [2.75, 3.05) is 0 Å². The van der Waals surface area contributed by atoms with Gasteiger partial charge >= 0.3 is 5.97 Å². The molecule has 0 spiro atoms. The Kier molecular flexibility index (Phi) is 7.86. The first kappa shape index (κ1) is 24.3. The lowest BCUT2D eigenvalue weighted by molar-refractivity contribution is -0.138. The summed E-state index contributed by atoms with van der Waals surface area (Å²) in [5.41, 5.74) is 1.71. The van der Waals surface area contributed by atoms with Crippen LogP contribution in [0.25, 0.3) is 10.9 Å². The second-order valence-electron chi connectivity index (χ2n) is 7.74. The minimum Gasteiger partial charge on any atom is -0.506 e. The molecule has 0 saturated heterocycles. The largest absolute Gasteiger partial charge is 0.506 e. The molecule has 1 heterocycles. The second-order valence-corrected chi connectivity index (χ2v) is 7.74. The van der Waals surface area contributed by atoms with E-state index >= 15 is 0 Å². The summed E-state index contributed by atoms with van der Waals surface area (Å²) < 4.78 is 0. The van der Waals surface area contributed by atoms with E-state index in [4.69, 9.17) is 5.11 Å². The van der Waals surface area contributed by atoms with Crippen LogP contribution in [0.3, 0.4) is 0 Å². The van der Waals surface area contributed by atoms with Gasteiger partial charge in [-0.3, -0.25) is 19.4 Å². The molecule has 0 aliphatic heterocycles. The number of carbonyl (C=O) groups is 3. The number of fused-ring (bicyclic) bond motifs is 1. The van der Waals surface area contributed by atoms with Gasteiger partial charge in [-0.1, -0.05) is 18.2 Å². The molecule has 0 radical (unpaired) electrons. The maximum Gasteiger partial charge on any atom is 0.303 e. The van der Waals surface area contributed by atoms with E-state index in [1.165, 1.54) is 18.2 Å². The van der Waals surface area contributed by atoms with Crippen molar-refractivity contribution in [3.05, 3.63) is 59.8 Å². The van der Waals surface area contributed by atoms with Crippen LogP contribution in [0.2, 0.25) is 0 Å². The van der Waals surface area contributed by atoms with Crippen LogP contribution in [0.1, 0.15) is 30.4 Å². The summed E-state index contributed by atoms with van der Waals surface area (Å²) in [6, 6.07) is 9.75. The smallest absolute Gasteiger partial charge is 0.303 e. The van der Waals surface area contributed by atoms with Gasteiger partial charge < -0.3 is 31.1 Å². The van der Waals surface area contributed by atoms with Gasteiger partial charge in [-0.15, -0.1) is 0 Å². The Bertz CT molecular complexity index is 1210. The number of pyridine rings is 1. The van der Waals surface area contributed by atoms with Crippen molar-refractivity contribution >= 4 is 28.7 Å². The van der Waals surface area contributed by atoms with Crippen molar-refractivity contribution in [1.29, 1.82) is 0 Å². The number of hydrogen-bond donors (Lipinski definition) is 6. The van der Waals surface area contributed by atoms with Crippen LogP contribution >= 0.6 is 0 Å². The summed E-state index contributed by atoms with van der Waals surface area (Å²) in [7, 11) is 0. The molecule has 1 aromatic heterocycles. The Hall–Kier alpha value is -4.34. The lowest BCUT2D eigenvalue weighted by atomic mass is 10.1. The van der Waals surface area contributed by atoms with Gasteiger partial charge in [0.05, 0.1) is 0 Å². The van der Waals surface area contributed by atoms with Crippen LogP contribution in [-0.2, 0) is 27.3 Å². The van der Waals surface area contributed by atoms with Crippen LogP contribution < -0.4 is 10.6 Å². The maximum atomic E-state index is 12.8. The molecule has 0 bridgehead atoms. The monoisotopic (exact) mass is 467 g/mol.